The quantitative estimate of drug-likeness (QED) is 0.935. The number of piperidine rings is 1. The van der Waals surface area contributed by atoms with E-state index in [0.717, 1.165) is 42.5 Å². The molecule has 1 aliphatic rings. The lowest BCUT2D eigenvalue weighted by Crippen LogP contribution is -2.40. The normalized spacial score (nSPS) is 19.5. The van der Waals surface area contributed by atoms with Crippen molar-refractivity contribution in [3.05, 3.63) is 30.3 Å². The number of hydrogen-bond donors (Lipinski definition) is 1. The van der Waals surface area contributed by atoms with Crippen LogP contribution in [0.25, 0.3) is 10.9 Å². The fraction of sp³-hybridized carbons (Fsp3) is 0.467. The van der Waals surface area contributed by atoms with E-state index in [2.05, 4.69) is 14.9 Å². The monoisotopic (exact) mass is 275 g/mol. The molecule has 1 aromatic carbocycles. The van der Waals surface area contributed by atoms with Crippen molar-refractivity contribution in [2.75, 3.05) is 18.1 Å². The highest BCUT2D eigenvalue weighted by molar-refractivity contribution is 5.89. The third kappa shape index (κ3) is 2.45. The van der Waals surface area contributed by atoms with Crippen LogP contribution >= 0.6 is 0 Å². The molecule has 0 bridgehead atoms. The van der Waals surface area contributed by atoms with E-state index in [-0.39, 0.29) is 18.5 Å². The molecular formula is C15H18FN3O. The number of aliphatic hydroxyl groups excluding tert-OH is 1. The molecule has 1 N–H and O–H groups in total. The summed E-state index contributed by atoms with van der Waals surface area (Å²) in [5.41, 5.74) is 0.754. The van der Waals surface area contributed by atoms with Gasteiger partial charge < -0.3 is 10.0 Å². The molecule has 1 fully saturated rings. The highest BCUT2D eigenvalue weighted by Gasteiger charge is 2.24. The maximum absolute atomic E-state index is 13.5. The molecule has 0 saturated carbocycles. The molecule has 1 aliphatic heterocycles. The van der Waals surface area contributed by atoms with Gasteiger partial charge in [-0.2, -0.15) is 0 Å². The standard InChI is InChI=1S/C15H18FN3O/c16-11-4-5-14-13(9-11)15(18-10-17-14)19-7-2-1-3-12(19)6-8-20/h4-5,9-10,12,20H,1-3,6-8H2. The Morgan fingerprint density at radius 1 is 1.30 bits per heavy atom. The molecule has 1 saturated heterocycles. The zero-order valence-electron chi connectivity index (χ0n) is 11.3. The van der Waals surface area contributed by atoms with Crippen molar-refractivity contribution in [3.8, 4) is 0 Å². The van der Waals surface area contributed by atoms with Crippen LogP contribution in [-0.2, 0) is 0 Å². The molecule has 0 spiro atoms. The zero-order valence-corrected chi connectivity index (χ0v) is 11.3. The van der Waals surface area contributed by atoms with Gasteiger partial charge in [-0.1, -0.05) is 0 Å². The van der Waals surface area contributed by atoms with Gasteiger partial charge in [-0.25, -0.2) is 14.4 Å². The van der Waals surface area contributed by atoms with E-state index in [1.807, 2.05) is 0 Å². The Morgan fingerprint density at radius 3 is 3.05 bits per heavy atom. The molecule has 0 amide bonds. The Kier molecular flexibility index (Phi) is 3.78. The van der Waals surface area contributed by atoms with Crippen LogP contribution in [0, 0.1) is 5.82 Å². The molecule has 2 heterocycles. The highest BCUT2D eigenvalue weighted by Crippen LogP contribution is 2.30. The number of aliphatic hydroxyl groups is 1. The van der Waals surface area contributed by atoms with Crippen molar-refractivity contribution in [1.82, 2.24) is 9.97 Å². The SMILES string of the molecule is OCCC1CCCCN1c1ncnc2ccc(F)cc12. The highest BCUT2D eigenvalue weighted by atomic mass is 19.1. The molecule has 20 heavy (non-hydrogen) atoms. The Labute approximate surface area is 117 Å². The van der Waals surface area contributed by atoms with Gasteiger partial charge in [-0.05, 0) is 43.9 Å². The van der Waals surface area contributed by atoms with E-state index in [1.165, 1.54) is 24.9 Å². The summed E-state index contributed by atoms with van der Waals surface area (Å²) in [6.07, 6.45) is 5.56. The topological polar surface area (TPSA) is 49.2 Å². The second-order valence-electron chi connectivity index (χ2n) is 5.21. The van der Waals surface area contributed by atoms with Crippen LogP contribution < -0.4 is 4.90 Å². The van der Waals surface area contributed by atoms with Gasteiger partial charge in [0.15, 0.2) is 0 Å². The van der Waals surface area contributed by atoms with Crippen molar-refractivity contribution in [2.24, 2.45) is 0 Å². The average Bonchev–Trinajstić information content (AvgIpc) is 2.48. The molecule has 1 unspecified atom stereocenters. The fourth-order valence-electron chi connectivity index (χ4n) is 2.97. The smallest absolute Gasteiger partial charge is 0.140 e. The van der Waals surface area contributed by atoms with E-state index in [9.17, 15) is 9.50 Å². The average molecular weight is 275 g/mol. The molecule has 2 aromatic rings. The first-order valence-electron chi connectivity index (χ1n) is 7.07. The Morgan fingerprint density at radius 2 is 2.20 bits per heavy atom. The van der Waals surface area contributed by atoms with Crippen LogP contribution in [0.4, 0.5) is 10.2 Å². The number of rotatable bonds is 3. The maximum Gasteiger partial charge on any atom is 0.140 e. The van der Waals surface area contributed by atoms with E-state index >= 15 is 0 Å². The molecule has 0 aliphatic carbocycles. The van der Waals surface area contributed by atoms with Crippen molar-refractivity contribution >= 4 is 16.7 Å². The van der Waals surface area contributed by atoms with Crippen LogP contribution in [-0.4, -0.2) is 34.3 Å². The lowest BCUT2D eigenvalue weighted by molar-refractivity contribution is 0.262. The summed E-state index contributed by atoms with van der Waals surface area (Å²) < 4.78 is 13.5. The summed E-state index contributed by atoms with van der Waals surface area (Å²) in [5.74, 6) is 0.511. The number of fused-ring (bicyclic) bond motifs is 1. The number of aromatic nitrogens is 2. The summed E-state index contributed by atoms with van der Waals surface area (Å²) >= 11 is 0. The molecular weight excluding hydrogens is 257 g/mol. The second-order valence-corrected chi connectivity index (χ2v) is 5.21. The first-order valence-corrected chi connectivity index (χ1v) is 7.07. The first kappa shape index (κ1) is 13.2. The predicted molar refractivity (Wildman–Crippen MR) is 76.2 cm³/mol. The third-order valence-corrected chi connectivity index (χ3v) is 3.94. The van der Waals surface area contributed by atoms with Crippen molar-refractivity contribution in [3.63, 3.8) is 0 Å². The Bertz CT molecular complexity index is 603. The second kappa shape index (κ2) is 5.71. The van der Waals surface area contributed by atoms with E-state index in [1.54, 1.807) is 6.07 Å². The summed E-state index contributed by atoms with van der Waals surface area (Å²) in [7, 11) is 0. The van der Waals surface area contributed by atoms with Crippen LogP contribution in [0.3, 0.4) is 0 Å². The van der Waals surface area contributed by atoms with Crippen LogP contribution in [0.1, 0.15) is 25.7 Å². The van der Waals surface area contributed by atoms with Crippen LogP contribution in [0.15, 0.2) is 24.5 Å². The number of benzene rings is 1. The Hall–Kier alpha value is -1.75. The van der Waals surface area contributed by atoms with Gasteiger partial charge >= 0.3 is 0 Å². The minimum absolute atomic E-state index is 0.165. The summed E-state index contributed by atoms with van der Waals surface area (Å²) in [6, 6.07) is 4.87. The molecule has 5 heteroatoms. The summed E-state index contributed by atoms with van der Waals surface area (Å²) in [4.78, 5) is 10.8. The largest absolute Gasteiger partial charge is 0.396 e. The van der Waals surface area contributed by atoms with Gasteiger partial charge in [-0.15, -0.1) is 0 Å². The molecule has 106 valence electrons. The molecule has 1 aromatic heterocycles. The predicted octanol–water partition coefficient (Wildman–Crippen LogP) is 2.51. The third-order valence-electron chi connectivity index (χ3n) is 3.94. The van der Waals surface area contributed by atoms with Gasteiger partial charge in [0.25, 0.3) is 0 Å². The number of halogens is 1. The number of nitrogens with zero attached hydrogens (tertiary/aromatic N) is 3. The number of anilines is 1. The van der Waals surface area contributed by atoms with Gasteiger partial charge in [0, 0.05) is 24.6 Å². The molecule has 4 nitrogen and oxygen atoms in total. The first-order chi connectivity index (χ1) is 9.79. The van der Waals surface area contributed by atoms with Gasteiger partial charge in [0.05, 0.1) is 5.52 Å². The van der Waals surface area contributed by atoms with Crippen LogP contribution in [0.5, 0.6) is 0 Å². The van der Waals surface area contributed by atoms with Crippen molar-refractivity contribution in [1.29, 1.82) is 0 Å². The molecule has 1 atom stereocenters. The summed E-state index contributed by atoms with van der Waals surface area (Å²) in [5, 5.41) is 9.97. The zero-order chi connectivity index (χ0) is 13.9. The minimum atomic E-state index is -0.274. The lowest BCUT2D eigenvalue weighted by Gasteiger charge is -2.37. The van der Waals surface area contributed by atoms with E-state index in [4.69, 9.17) is 0 Å². The Balaban J connectivity index is 2.05. The molecule has 3 rings (SSSR count). The van der Waals surface area contributed by atoms with Crippen LogP contribution in [0.2, 0.25) is 0 Å². The van der Waals surface area contributed by atoms with Crippen molar-refractivity contribution < 1.29 is 9.50 Å². The van der Waals surface area contributed by atoms with E-state index in [0.29, 0.717) is 0 Å². The van der Waals surface area contributed by atoms with Gasteiger partial charge in [0.2, 0.25) is 0 Å². The lowest BCUT2D eigenvalue weighted by atomic mass is 9.99. The van der Waals surface area contributed by atoms with Gasteiger partial charge in [0.1, 0.15) is 18.0 Å². The minimum Gasteiger partial charge on any atom is -0.396 e. The van der Waals surface area contributed by atoms with E-state index < -0.39 is 0 Å². The maximum atomic E-state index is 13.5. The van der Waals surface area contributed by atoms with Crippen molar-refractivity contribution in [2.45, 2.75) is 31.7 Å². The van der Waals surface area contributed by atoms with Gasteiger partial charge in [-0.3, -0.25) is 0 Å². The number of hydrogen-bond acceptors (Lipinski definition) is 4. The summed E-state index contributed by atoms with van der Waals surface area (Å²) in [6.45, 7) is 1.06. The molecule has 0 radical (unpaired) electrons. The fourth-order valence-corrected chi connectivity index (χ4v) is 2.97.